The van der Waals surface area contributed by atoms with E-state index in [-0.39, 0.29) is 0 Å². The summed E-state index contributed by atoms with van der Waals surface area (Å²) in [6.45, 7) is 0. The van der Waals surface area contributed by atoms with Crippen molar-refractivity contribution in [1.29, 1.82) is 0 Å². The number of rotatable bonds is 3. The Morgan fingerprint density at radius 3 is 2.71 bits per heavy atom. The van der Waals surface area contributed by atoms with Crippen LogP contribution in [0.4, 0.5) is 13.2 Å². The second kappa shape index (κ2) is 3.65. The summed E-state index contributed by atoms with van der Waals surface area (Å²) in [5.74, 6) is -6.70. The Morgan fingerprint density at radius 2 is 2.21 bits per heavy atom. The first kappa shape index (κ1) is 10.5. The molecule has 76 valence electrons. The fourth-order valence-electron chi connectivity index (χ4n) is 0.928. The smallest absolute Gasteiger partial charge is 0.309 e. The molecule has 0 aliphatic carbocycles. The maximum absolute atomic E-state index is 13.0. The molecule has 0 spiro atoms. The van der Waals surface area contributed by atoms with Crippen LogP contribution >= 0.6 is 0 Å². The van der Waals surface area contributed by atoms with Crippen LogP contribution < -0.4 is 0 Å². The molecule has 1 N–H and O–H groups in total. The van der Waals surface area contributed by atoms with Gasteiger partial charge in [-0.25, -0.2) is 4.39 Å². The van der Waals surface area contributed by atoms with E-state index in [2.05, 4.69) is 4.98 Å². The lowest BCUT2D eigenvalue weighted by atomic mass is 10.1. The van der Waals surface area contributed by atoms with Crippen molar-refractivity contribution in [1.82, 2.24) is 4.98 Å². The predicted octanol–water partition coefficient (Wildman–Crippen LogP) is 1.79. The van der Waals surface area contributed by atoms with Crippen LogP contribution in [0.5, 0.6) is 0 Å². The molecule has 1 aromatic heterocycles. The molecular weight excluding hydrogens is 199 g/mol. The van der Waals surface area contributed by atoms with Crippen molar-refractivity contribution >= 4 is 5.97 Å². The molecule has 0 amide bonds. The zero-order chi connectivity index (χ0) is 10.8. The molecule has 6 heteroatoms. The Hall–Kier alpha value is -1.59. The quantitative estimate of drug-likeness (QED) is 0.818. The standard InChI is InChI=1S/C8H6F3NO2/c9-5-2-1-3-12-7(5)8(10,11)4-6(13)14/h1-3H,4H2,(H,13,14). The summed E-state index contributed by atoms with van der Waals surface area (Å²) in [6.07, 6.45) is -0.491. The predicted molar refractivity (Wildman–Crippen MR) is 40.3 cm³/mol. The summed E-state index contributed by atoms with van der Waals surface area (Å²) < 4.78 is 38.8. The topological polar surface area (TPSA) is 50.2 Å². The van der Waals surface area contributed by atoms with Crippen molar-refractivity contribution in [3.05, 3.63) is 29.8 Å². The SMILES string of the molecule is O=C(O)CC(F)(F)c1ncccc1F. The number of halogens is 3. The van der Waals surface area contributed by atoms with Crippen LogP contribution in [0.25, 0.3) is 0 Å². The van der Waals surface area contributed by atoms with Gasteiger partial charge in [0.25, 0.3) is 0 Å². The van der Waals surface area contributed by atoms with E-state index in [1.165, 1.54) is 0 Å². The van der Waals surface area contributed by atoms with Gasteiger partial charge in [0, 0.05) is 6.20 Å². The van der Waals surface area contributed by atoms with E-state index in [4.69, 9.17) is 5.11 Å². The Bertz CT molecular complexity index is 354. The van der Waals surface area contributed by atoms with Gasteiger partial charge < -0.3 is 5.11 Å². The van der Waals surface area contributed by atoms with Crippen molar-refractivity contribution in [2.45, 2.75) is 12.3 Å². The summed E-state index contributed by atoms with van der Waals surface area (Å²) >= 11 is 0. The van der Waals surface area contributed by atoms with Crippen molar-refractivity contribution in [2.24, 2.45) is 0 Å². The maximum Gasteiger partial charge on any atom is 0.309 e. The fourth-order valence-corrected chi connectivity index (χ4v) is 0.928. The zero-order valence-electron chi connectivity index (χ0n) is 6.88. The average molecular weight is 205 g/mol. The van der Waals surface area contributed by atoms with E-state index < -0.39 is 29.8 Å². The minimum atomic E-state index is -3.78. The van der Waals surface area contributed by atoms with Gasteiger partial charge in [-0.15, -0.1) is 0 Å². The van der Waals surface area contributed by atoms with Gasteiger partial charge in [0.2, 0.25) is 0 Å². The van der Waals surface area contributed by atoms with Gasteiger partial charge in [-0.3, -0.25) is 9.78 Å². The van der Waals surface area contributed by atoms with Crippen LogP contribution in [0.15, 0.2) is 18.3 Å². The number of hydrogen-bond acceptors (Lipinski definition) is 2. The number of alkyl halides is 2. The van der Waals surface area contributed by atoms with Crippen molar-refractivity contribution in [2.75, 3.05) is 0 Å². The van der Waals surface area contributed by atoms with Crippen LogP contribution in [0.1, 0.15) is 12.1 Å². The normalized spacial score (nSPS) is 11.4. The molecule has 0 unspecified atom stereocenters. The lowest BCUT2D eigenvalue weighted by molar-refractivity contribution is -0.146. The summed E-state index contributed by atoms with van der Waals surface area (Å²) in [7, 11) is 0. The number of carbonyl (C=O) groups is 1. The highest BCUT2D eigenvalue weighted by atomic mass is 19.3. The van der Waals surface area contributed by atoms with E-state index in [0.29, 0.717) is 0 Å². The molecular formula is C8H6F3NO2. The fraction of sp³-hybridized carbons (Fsp3) is 0.250. The Balaban J connectivity index is 3.03. The van der Waals surface area contributed by atoms with Crippen molar-refractivity contribution < 1.29 is 23.1 Å². The average Bonchev–Trinajstić information content (AvgIpc) is 2.02. The number of aromatic nitrogens is 1. The molecule has 0 fully saturated rings. The van der Waals surface area contributed by atoms with Gasteiger partial charge in [0.1, 0.15) is 12.1 Å². The highest BCUT2D eigenvalue weighted by Gasteiger charge is 2.38. The molecule has 0 saturated carbocycles. The molecule has 3 nitrogen and oxygen atoms in total. The van der Waals surface area contributed by atoms with Gasteiger partial charge in [-0.05, 0) is 12.1 Å². The molecule has 1 rings (SSSR count). The van der Waals surface area contributed by atoms with Gasteiger partial charge in [-0.1, -0.05) is 0 Å². The monoisotopic (exact) mass is 205 g/mol. The van der Waals surface area contributed by atoms with Gasteiger partial charge >= 0.3 is 11.9 Å². The third-order valence-corrected chi connectivity index (χ3v) is 1.48. The molecule has 0 atom stereocenters. The minimum Gasteiger partial charge on any atom is -0.481 e. The van der Waals surface area contributed by atoms with Crippen LogP contribution in [0.2, 0.25) is 0 Å². The van der Waals surface area contributed by atoms with E-state index in [1.807, 2.05) is 0 Å². The highest BCUT2D eigenvalue weighted by Crippen LogP contribution is 2.31. The van der Waals surface area contributed by atoms with E-state index in [0.717, 1.165) is 18.3 Å². The molecule has 0 aliphatic heterocycles. The number of carboxylic acid groups (broad SMARTS) is 1. The summed E-state index contributed by atoms with van der Waals surface area (Å²) in [4.78, 5) is 13.2. The number of nitrogens with zero attached hydrogens (tertiary/aromatic N) is 1. The molecule has 14 heavy (non-hydrogen) atoms. The largest absolute Gasteiger partial charge is 0.481 e. The third kappa shape index (κ3) is 2.21. The second-order valence-electron chi connectivity index (χ2n) is 2.61. The lowest BCUT2D eigenvalue weighted by Crippen LogP contribution is -2.21. The van der Waals surface area contributed by atoms with E-state index in [1.54, 1.807) is 0 Å². The Morgan fingerprint density at radius 1 is 1.57 bits per heavy atom. The van der Waals surface area contributed by atoms with E-state index >= 15 is 0 Å². The van der Waals surface area contributed by atoms with Crippen LogP contribution in [0.3, 0.4) is 0 Å². The van der Waals surface area contributed by atoms with Crippen molar-refractivity contribution in [3.8, 4) is 0 Å². The molecule has 0 bridgehead atoms. The summed E-state index contributed by atoms with van der Waals surface area (Å²) in [6, 6.07) is 1.95. The third-order valence-electron chi connectivity index (χ3n) is 1.48. The number of pyridine rings is 1. The first-order chi connectivity index (χ1) is 6.43. The molecule has 0 aromatic carbocycles. The molecule has 0 radical (unpaired) electrons. The number of hydrogen-bond donors (Lipinski definition) is 1. The molecule has 1 aromatic rings. The lowest BCUT2D eigenvalue weighted by Gasteiger charge is -2.13. The zero-order valence-corrected chi connectivity index (χ0v) is 6.88. The number of carboxylic acids is 1. The van der Waals surface area contributed by atoms with Gasteiger partial charge in [0.05, 0.1) is 0 Å². The molecule has 0 saturated heterocycles. The number of aliphatic carboxylic acids is 1. The minimum absolute atomic E-state index is 0.804. The van der Waals surface area contributed by atoms with E-state index in [9.17, 15) is 18.0 Å². The van der Waals surface area contributed by atoms with Crippen LogP contribution in [0, 0.1) is 5.82 Å². The summed E-state index contributed by atoms with van der Waals surface area (Å²) in [5.41, 5.74) is -1.14. The van der Waals surface area contributed by atoms with Crippen molar-refractivity contribution in [3.63, 3.8) is 0 Å². The first-order valence-corrected chi connectivity index (χ1v) is 3.64. The maximum atomic E-state index is 13.0. The van der Waals surface area contributed by atoms with Crippen LogP contribution in [-0.4, -0.2) is 16.1 Å². The Kier molecular flexibility index (Phi) is 2.73. The second-order valence-corrected chi connectivity index (χ2v) is 2.61. The molecule has 0 aliphatic rings. The molecule has 1 heterocycles. The highest BCUT2D eigenvalue weighted by molar-refractivity contribution is 5.68. The first-order valence-electron chi connectivity index (χ1n) is 3.64. The van der Waals surface area contributed by atoms with Crippen LogP contribution in [-0.2, 0) is 10.7 Å². The van der Waals surface area contributed by atoms with Gasteiger partial charge in [0.15, 0.2) is 5.82 Å². The summed E-state index contributed by atoms with van der Waals surface area (Å²) in [5, 5.41) is 8.17. The van der Waals surface area contributed by atoms with Gasteiger partial charge in [-0.2, -0.15) is 8.78 Å². The Labute approximate surface area is 77.2 Å².